The van der Waals surface area contributed by atoms with Gasteiger partial charge in [-0.3, -0.25) is 9.78 Å². The summed E-state index contributed by atoms with van der Waals surface area (Å²) >= 11 is 0. The summed E-state index contributed by atoms with van der Waals surface area (Å²) in [5.41, 5.74) is 2.58. The molecule has 0 fully saturated rings. The molecule has 0 spiro atoms. The number of aromatic carboxylic acids is 1. The van der Waals surface area contributed by atoms with Gasteiger partial charge in [0.25, 0.3) is 0 Å². The van der Waals surface area contributed by atoms with E-state index in [9.17, 15) is 4.79 Å². The maximum Gasteiger partial charge on any atom is 0.357 e. The molecule has 0 aliphatic carbocycles. The summed E-state index contributed by atoms with van der Waals surface area (Å²) in [6.07, 6.45) is 3.74. The molecule has 23 heavy (non-hydrogen) atoms. The number of carboxylic acid groups (broad SMARTS) is 1. The fourth-order valence-electron chi connectivity index (χ4n) is 2.30. The summed E-state index contributed by atoms with van der Waals surface area (Å²) < 4.78 is 6.84. The van der Waals surface area contributed by atoms with Gasteiger partial charge in [-0.15, -0.1) is 0 Å². The van der Waals surface area contributed by atoms with Crippen molar-refractivity contribution in [3.8, 4) is 0 Å². The number of nitrogens with zero attached hydrogens (tertiary/aromatic N) is 3. The first-order valence-electron chi connectivity index (χ1n) is 7.13. The Hall–Kier alpha value is -2.87. The molecule has 0 radical (unpaired) electrons. The number of hydrogen-bond acceptors (Lipinski definition) is 5. The monoisotopic (exact) mass is 315 g/mol. The van der Waals surface area contributed by atoms with E-state index in [0.717, 1.165) is 11.3 Å². The minimum Gasteiger partial charge on any atom is -0.476 e. The molecular formula is C15H17N5O3. The number of carbonyl (C=O) groups is 1. The van der Waals surface area contributed by atoms with E-state index in [1.54, 1.807) is 25.4 Å². The molecule has 0 amide bonds. The van der Waals surface area contributed by atoms with Crippen molar-refractivity contribution in [3.63, 3.8) is 0 Å². The van der Waals surface area contributed by atoms with Gasteiger partial charge in [-0.1, -0.05) is 0 Å². The van der Waals surface area contributed by atoms with Crippen molar-refractivity contribution in [2.75, 3.05) is 19.0 Å². The molecule has 0 atom stereocenters. The second kappa shape index (κ2) is 6.49. The fraction of sp³-hybridized carbons (Fsp3) is 0.267. The first kappa shape index (κ1) is 15.0. The summed E-state index contributed by atoms with van der Waals surface area (Å²) in [6, 6.07) is 5.46. The van der Waals surface area contributed by atoms with Crippen molar-refractivity contribution in [2.45, 2.75) is 13.1 Å². The number of aromatic nitrogens is 4. The standard InChI is InChI=1S/C15H17N5O3/c1-23-5-4-20-9-10(8-17-20)7-16-11-2-3-13-12(6-11)14(15(21)22)19-18-13/h2-3,6,8-9,16H,4-5,7H2,1H3,(H,18,19)(H,21,22). The predicted molar refractivity (Wildman–Crippen MR) is 84.5 cm³/mol. The van der Waals surface area contributed by atoms with Crippen molar-refractivity contribution < 1.29 is 14.6 Å². The molecule has 0 saturated carbocycles. The zero-order valence-corrected chi connectivity index (χ0v) is 12.6. The molecule has 3 N–H and O–H groups in total. The van der Waals surface area contributed by atoms with Gasteiger partial charge in [-0.05, 0) is 18.2 Å². The van der Waals surface area contributed by atoms with E-state index in [0.29, 0.717) is 30.6 Å². The molecule has 3 rings (SSSR count). The minimum atomic E-state index is -1.05. The van der Waals surface area contributed by atoms with E-state index >= 15 is 0 Å². The Kier molecular flexibility index (Phi) is 4.24. The maximum absolute atomic E-state index is 11.1. The summed E-state index contributed by atoms with van der Waals surface area (Å²) in [5.74, 6) is -1.05. The van der Waals surface area contributed by atoms with Crippen molar-refractivity contribution in [2.24, 2.45) is 0 Å². The molecule has 8 heteroatoms. The highest BCUT2D eigenvalue weighted by Gasteiger charge is 2.12. The molecule has 0 saturated heterocycles. The van der Waals surface area contributed by atoms with Crippen LogP contribution in [0.3, 0.4) is 0 Å². The molecule has 3 aromatic rings. The van der Waals surface area contributed by atoms with E-state index in [1.165, 1.54) is 0 Å². The van der Waals surface area contributed by atoms with Gasteiger partial charge in [0.05, 0.1) is 24.9 Å². The molecule has 8 nitrogen and oxygen atoms in total. The number of nitrogens with one attached hydrogen (secondary N) is 2. The molecule has 0 aliphatic rings. The van der Waals surface area contributed by atoms with Crippen molar-refractivity contribution >= 4 is 22.6 Å². The van der Waals surface area contributed by atoms with E-state index in [-0.39, 0.29) is 5.69 Å². The fourth-order valence-corrected chi connectivity index (χ4v) is 2.30. The van der Waals surface area contributed by atoms with Crippen LogP contribution in [0, 0.1) is 0 Å². The third-order valence-corrected chi connectivity index (χ3v) is 3.47. The van der Waals surface area contributed by atoms with Gasteiger partial charge in [-0.2, -0.15) is 10.2 Å². The van der Waals surface area contributed by atoms with Crippen LogP contribution in [0.5, 0.6) is 0 Å². The predicted octanol–water partition coefficient (Wildman–Crippen LogP) is 1.72. The lowest BCUT2D eigenvalue weighted by Gasteiger charge is -2.05. The summed E-state index contributed by atoms with van der Waals surface area (Å²) in [7, 11) is 1.66. The van der Waals surface area contributed by atoms with E-state index < -0.39 is 5.97 Å². The Labute approximate surface area is 132 Å². The normalized spacial score (nSPS) is 11.0. The lowest BCUT2D eigenvalue weighted by atomic mass is 10.2. The number of carboxylic acids is 1. The number of hydrogen-bond donors (Lipinski definition) is 3. The second-order valence-corrected chi connectivity index (χ2v) is 5.10. The summed E-state index contributed by atoms with van der Waals surface area (Å²) in [6.45, 7) is 1.92. The highest BCUT2D eigenvalue weighted by Crippen LogP contribution is 2.21. The zero-order chi connectivity index (χ0) is 16.2. The van der Waals surface area contributed by atoms with E-state index in [2.05, 4.69) is 20.6 Å². The van der Waals surface area contributed by atoms with Crippen molar-refractivity contribution in [3.05, 3.63) is 41.9 Å². The number of methoxy groups -OCH3 is 1. The minimum absolute atomic E-state index is 0.0241. The van der Waals surface area contributed by atoms with Gasteiger partial charge >= 0.3 is 5.97 Å². The van der Waals surface area contributed by atoms with Crippen LogP contribution in [0.4, 0.5) is 5.69 Å². The smallest absolute Gasteiger partial charge is 0.357 e. The SMILES string of the molecule is COCCn1cc(CNc2ccc3[nH]nc(C(=O)O)c3c2)cn1. The average molecular weight is 315 g/mol. The van der Waals surface area contributed by atoms with Crippen LogP contribution < -0.4 is 5.32 Å². The molecule has 2 aromatic heterocycles. The molecule has 120 valence electrons. The van der Waals surface area contributed by atoms with E-state index in [4.69, 9.17) is 9.84 Å². The van der Waals surface area contributed by atoms with Gasteiger partial charge in [0.1, 0.15) is 0 Å². The second-order valence-electron chi connectivity index (χ2n) is 5.10. The van der Waals surface area contributed by atoms with Gasteiger partial charge in [0, 0.05) is 36.5 Å². The zero-order valence-electron chi connectivity index (χ0n) is 12.6. The third-order valence-electron chi connectivity index (χ3n) is 3.47. The van der Waals surface area contributed by atoms with Crippen LogP contribution in [-0.2, 0) is 17.8 Å². The van der Waals surface area contributed by atoms with Gasteiger partial charge in [-0.25, -0.2) is 4.79 Å². The summed E-state index contributed by atoms with van der Waals surface area (Å²) in [4.78, 5) is 11.1. The van der Waals surface area contributed by atoms with Crippen molar-refractivity contribution in [1.82, 2.24) is 20.0 Å². The van der Waals surface area contributed by atoms with Crippen LogP contribution >= 0.6 is 0 Å². The molecular weight excluding hydrogens is 298 g/mol. The Bertz CT molecular complexity index is 823. The van der Waals surface area contributed by atoms with Crippen LogP contribution in [0.15, 0.2) is 30.6 Å². The lowest BCUT2D eigenvalue weighted by Crippen LogP contribution is -2.04. The summed E-state index contributed by atoms with van der Waals surface area (Å²) in [5, 5.41) is 23.7. The van der Waals surface area contributed by atoms with Gasteiger partial charge < -0.3 is 15.2 Å². The maximum atomic E-state index is 11.1. The largest absolute Gasteiger partial charge is 0.476 e. The molecule has 0 bridgehead atoms. The molecule has 2 heterocycles. The highest BCUT2D eigenvalue weighted by molar-refractivity contribution is 6.01. The Morgan fingerprint density at radius 3 is 3.13 bits per heavy atom. The molecule has 0 unspecified atom stereocenters. The van der Waals surface area contributed by atoms with Gasteiger partial charge in [0.15, 0.2) is 5.69 Å². The molecule has 0 aliphatic heterocycles. The van der Waals surface area contributed by atoms with Crippen LogP contribution in [0.1, 0.15) is 16.1 Å². The number of fused-ring (bicyclic) bond motifs is 1. The third kappa shape index (κ3) is 3.32. The number of aromatic amines is 1. The number of benzene rings is 1. The van der Waals surface area contributed by atoms with Crippen molar-refractivity contribution in [1.29, 1.82) is 0 Å². The lowest BCUT2D eigenvalue weighted by molar-refractivity contribution is 0.0692. The average Bonchev–Trinajstić information content (AvgIpc) is 3.17. The number of anilines is 1. The first-order valence-corrected chi connectivity index (χ1v) is 7.13. The van der Waals surface area contributed by atoms with Crippen LogP contribution in [-0.4, -0.2) is 44.8 Å². The Morgan fingerprint density at radius 1 is 1.48 bits per heavy atom. The van der Waals surface area contributed by atoms with Gasteiger partial charge in [0.2, 0.25) is 0 Å². The topological polar surface area (TPSA) is 105 Å². The first-order chi connectivity index (χ1) is 11.2. The van der Waals surface area contributed by atoms with Crippen LogP contribution in [0.25, 0.3) is 10.9 Å². The number of rotatable bonds is 7. The Balaban J connectivity index is 1.70. The number of H-pyrrole nitrogens is 1. The quantitative estimate of drug-likeness (QED) is 0.613. The Morgan fingerprint density at radius 2 is 2.35 bits per heavy atom. The highest BCUT2D eigenvalue weighted by atomic mass is 16.5. The number of ether oxygens (including phenoxy) is 1. The molecule has 1 aromatic carbocycles. The van der Waals surface area contributed by atoms with E-state index in [1.807, 2.05) is 16.9 Å². The van der Waals surface area contributed by atoms with Crippen LogP contribution in [0.2, 0.25) is 0 Å².